The monoisotopic (exact) mass is 311 g/mol. The van der Waals surface area contributed by atoms with Gasteiger partial charge in [-0.2, -0.15) is 0 Å². The zero-order valence-electron chi connectivity index (χ0n) is 12.9. The molecule has 0 bridgehead atoms. The molecule has 1 aliphatic heterocycles. The van der Waals surface area contributed by atoms with Gasteiger partial charge in [-0.05, 0) is 17.7 Å². The Hall–Kier alpha value is -2.82. The molecule has 0 saturated carbocycles. The van der Waals surface area contributed by atoms with Gasteiger partial charge in [0.2, 0.25) is 0 Å². The highest BCUT2D eigenvalue weighted by molar-refractivity contribution is 6.00. The van der Waals surface area contributed by atoms with E-state index in [2.05, 4.69) is 0 Å². The summed E-state index contributed by atoms with van der Waals surface area (Å²) in [5.74, 6) is -1.42. The summed E-state index contributed by atoms with van der Waals surface area (Å²) in [6.45, 7) is 0. The van der Waals surface area contributed by atoms with Crippen molar-refractivity contribution in [2.24, 2.45) is 0 Å². The smallest absolute Gasteiger partial charge is 0.313 e. The Labute approximate surface area is 134 Å². The van der Waals surface area contributed by atoms with E-state index in [1.165, 1.54) is 12.0 Å². The van der Waals surface area contributed by atoms with Gasteiger partial charge in [0.1, 0.15) is 11.7 Å². The summed E-state index contributed by atoms with van der Waals surface area (Å²) in [7, 11) is 3.17. The number of para-hydroxylation sites is 1. The normalized spacial score (nSPS) is 20.1. The molecule has 0 radical (unpaired) electrons. The molecule has 2 aromatic carbocycles. The van der Waals surface area contributed by atoms with Gasteiger partial charge >= 0.3 is 5.97 Å². The number of nitrogens with zero attached hydrogens (tertiary/aromatic N) is 1. The SMILES string of the molecule is COc1ccccc1C1C(C(=O)O)c2ccccc2C(=O)N1C. The minimum Gasteiger partial charge on any atom is -0.496 e. The number of benzene rings is 2. The number of carboxylic acid groups (broad SMARTS) is 1. The van der Waals surface area contributed by atoms with Gasteiger partial charge in [-0.25, -0.2) is 0 Å². The van der Waals surface area contributed by atoms with Gasteiger partial charge in [0.25, 0.3) is 5.91 Å². The maximum Gasteiger partial charge on any atom is 0.313 e. The van der Waals surface area contributed by atoms with E-state index in [1.807, 2.05) is 12.1 Å². The van der Waals surface area contributed by atoms with E-state index in [1.54, 1.807) is 43.4 Å². The van der Waals surface area contributed by atoms with E-state index in [0.29, 0.717) is 22.4 Å². The molecule has 0 aliphatic carbocycles. The van der Waals surface area contributed by atoms with Crippen LogP contribution in [0.1, 0.15) is 33.4 Å². The highest BCUT2D eigenvalue weighted by atomic mass is 16.5. The molecule has 2 aromatic rings. The van der Waals surface area contributed by atoms with Crippen LogP contribution < -0.4 is 4.74 Å². The maximum atomic E-state index is 12.7. The van der Waals surface area contributed by atoms with Crippen LogP contribution in [-0.4, -0.2) is 36.0 Å². The van der Waals surface area contributed by atoms with Gasteiger partial charge < -0.3 is 14.7 Å². The molecule has 1 N–H and O–H groups in total. The van der Waals surface area contributed by atoms with Crippen LogP contribution in [0.2, 0.25) is 0 Å². The van der Waals surface area contributed by atoms with Gasteiger partial charge in [0.05, 0.1) is 13.2 Å². The zero-order valence-corrected chi connectivity index (χ0v) is 12.9. The highest BCUT2D eigenvalue weighted by Gasteiger charge is 2.43. The summed E-state index contributed by atoms with van der Waals surface area (Å²) in [6.07, 6.45) is 0. The minimum absolute atomic E-state index is 0.186. The molecule has 0 fully saturated rings. The van der Waals surface area contributed by atoms with Crippen LogP contribution in [0.3, 0.4) is 0 Å². The molecule has 118 valence electrons. The van der Waals surface area contributed by atoms with Crippen molar-refractivity contribution in [1.29, 1.82) is 0 Å². The molecule has 0 saturated heterocycles. The van der Waals surface area contributed by atoms with Crippen molar-refractivity contribution in [2.75, 3.05) is 14.2 Å². The number of hydrogen-bond donors (Lipinski definition) is 1. The molecule has 2 unspecified atom stereocenters. The fourth-order valence-corrected chi connectivity index (χ4v) is 3.24. The third-order valence-corrected chi connectivity index (χ3v) is 4.30. The van der Waals surface area contributed by atoms with E-state index in [9.17, 15) is 14.7 Å². The molecular formula is C18H17NO4. The second kappa shape index (κ2) is 5.76. The Morgan fingerprint density at radius 2 is 1.70 bits per heavy atom. The second-order valence-electron chi connectivity index (χ2n) is 5.51. The summed E-state index contributed by atoms with van der Waals surface area (Å²) in [6, 6.07) is 13.5. The predicted octanol–water partition coefficient (Wildman–Crippen LogP) is 2.69. The highest BCUT2D eigenvalue weighted by Crippen LogP contribution is 2.44. The fraction of sp³-hybridized carbons (Fsp3) is 0.222. The minimum atomic E-state index is -0.965. The van der Waals surface area contributed by atoms with Gasteiger partial charge in [-0.15, -0.1) is 0 Å². The Bertz CT molecular complexity index is 771. The van der Waals surface area contributed by atoms with E-state index in [-0.39, 0.29) is 5.91 Å². The molecule has 3 rings (SSSR count). The van der Waals surface area contributed by atoms with Crippen LogP contribution in [-0.2, 0) is 4.79 Å². The molecule has 2 atom stereocenters. The Balaban J connectivity index is 2.23. The predicted molar refractivity (Wildman–Crippen MR) is 84.6 cm³/mol. The molecule has 0 spiro atoms. The first-order valence-corrected chi connectivity index (χ1v) is 7.28. The van der Waals surface area contributed by atoms with Crippen LogP contribution in [0.4, 0.5) is 0 Å². The molecule has 5 heteroatoms. The average Bonchev–Trinajstić information content (AvgIpc) is 2.57. The number of hydrogen-bond acceptors (Lipinski definition) is 3. The van der Waals surface area contributed by atoms with E-state index >= 15 is 0 Å². The van der Waals surface area contributed by atoms with Crippen molar-refractivity contribution in [2.45, 2.75) is 12.0 Å². The molecular weight excluding hydrogens is 294 g/mol. The Morgan fingerprint density at radius 1 is 1.09 bits per heavy atom. The van der Waals surface area contributed by atoms with Crippen LogP contribution in [0, 0.1) is 0 Å². The molecule has 1 heterocycles. The lowest BCUT2D eigenvalue weighted by Gasteiger charge is -2.39. The first-order chi connectivity index (χ1) is 11.1. The van der Waals surface area contributed by atoms with E-state index in [4.69, 9.17) is 4.74 Å². The topological polar surface area (TPSA) is 66.8 Å². The summed E-state index contributed by atoms with van der Waals surface area (Å²) in [5.41, 5.74) is 1.67. The van der Waals surface area contributed by atoms with Gasteiger partial charge in [0, 0.05) is 18.2 Å². The Kier molecular flexibility index (Phi) is 3.78. The van der Waals surface area contributed by atoms with Crippen LogP contribution >= 0.6 is 0 Å². The third kappa shape index (κ3) is 2.34. The van der Waals surface area contributed by atoms with Crippen molar-refractivity contribution >= 4 is 11.9 Å². The number of ether oxygens (including phenoxy) is 1. The first-order valence-electron chi connectivity index (χ1n) is 7.28. The average molecular weight is 311 g/mol. The van der Waals surface area contributed by atoms with Gasteiger partial charge in [-0.1, -0.05) is 36.4 Å². The molecule has 1 aliphatic rings. The third-order valence-electron chi connectivity index (χ3n) is 4.30. The van der Waals surface area contributed by atoms with Crippen LogP contribution in [0.5, 0.6) is 5.75 Å². The number of carbonyl (C=O) groups is 2. The number of carbonyl (C=O) groups excluding carboxylic acids is 1. The Morgan fingerprint density at radius 3 is 2.35 bits per heavy atom. The number of fused-ring (bicyclic) bond motifs is 1. The number of rotatable bonds is 3. The van der Waals surface area contributed by atoms with Crippen molar-refractivity contribution < 1.29 is 19.4 Å². The second-order valence-corrected chi connectivity index (χ2v) is 5.51. The molecule has 23 heavy (non-hydrogen) atoms. The summed E-state index contributed by atoms with van der Waals surface area (Å²) in [5, 5.41) is 9.81. The number of likely N-dealkylation sites (N-methyl/N-ethyl adjacent to an activating group) is 1. The van der Waals surface area contributed by atoms with Crippen molar-refractivity contribution in [1.82, 2.24) is 4.90 Å². The largest absolute Gasteiger partial charge is 0.496 e. The summed E-state index contributed by atoms with van der Waals surface area (Å²) < 4.78 is 5.37. The number of aliphatic carboxylic acids is 1. The molecule has 0 aromatic heterocycles. The van der Waals surface area contributed by atoms with E-state index < -0.39 is 17.9 Å². The van der Waals surface area contributed by atoms with Gasteiger partial charge in [-0.3, -0.25) is 9.59 Å². The standard InChI is InChI=1S/C18H17NO4/c1-19-16(13-9-5-6-10-14(13)23-2)15(18(21)22)11-7-3-4-8-12(11)17(19)20/h3-10,15-16H,1-2H3,(H,21,22). The van der Waals surface area contributed by atoms with Crippen molar-refractivity contribution in [3.05, 3.63) is 65.2 Å². The lowest BCUT2D eigenvalue weighted by Crippen LogP contribution is -2.42. The lowest BCUT2D eigenvalue weighted by molar-refractivity contribution is -0.140. The van der Waals surface area contributed by atoms with Crippen LogP contribution in [0.15, 0.2) is 48.5 Å². The van der Waals surface area contributed by atoms with E-state index in [0.717, 1.165) is 0 Å². The number of amides is 1. The fourth-order valence-electron chi connectivity index (χ4n) is 3.24. The van der Waals surface area contributed by atoms with Crippen LogP contribution in [0.25, 0.3) is 0 Å². The van der Waals surface area contributed by atoms with Crippen molar-refractivity contribution in [3.8, 4) is 5.75 Å². The molecule has 1 amide bonds. The number of carboxylic acids is 1. The molecule has 5 nitrogen and oxygen atoms in total. The first kappa shape index (κ1) is 15.1. The maximum absolute atomic E-state index is 12.7. The number of methoxy groups -OCH3 is 1. The van der Waals surface area contributed by atoms with Gasteiger partial charge in [0.15, 0.2) is 0 Å². The summed E-state index contributed by atoms with van der Waals surface area (Å²) in [4.78, 5) is 26.1. The zero-order chi connectivity index (χ0) is 16.6. The van der Waals surface area contributed by atoms with Crippen molar-refractivity contribution in [3.63, 3.8) is 0 Å². The summed E-state index contributed by atoms with van der Waals surface area (Å²) >= 11 is 0. The quantitative estimate of drug-likeness (QED) is 0.946. The lowest BCUT2D eigenvalue weighted by atomic mass is 9.80.